The Balaban J connectivity index is 4.94. The molecule has 0 aliphatic heterocycles. The van der Waals surface area contributed by atoms with Crippen LogP contribution in [0.3, 0.4) is 0 Å². The molecule has 0 rings (SSSR count). The van der Waals surface area contributed by atoms with Crippen LogP contribution in [-0.2, 0) is 19.1 Å². The highest BCUT2D eigenvalue weighted by molar-refractivity contribution is 6.05. The fraction of sp³-hybridized carbons (Fsp3) is 0.556. The maximum absolute atomic E-state index is 11.1. The van der Waals surface area contributed by atoms with Crippen molar-refractivity contribution in [1.29, 1.82) is 0 Å². The Bertz CT molecular complexity index is 228. The van der Waals surface area contributed by atoms with Crippen molar-refractivity contribution in [2.75, 3.05) is 14.2 Å². The van der Waals surface area contributed by atoms with Gasteiger partial charge in [0.2, 0.25) is 0 Å². The predicted molar refractivity (Wildman–Crippen MR) is 48.4 cm³/mol. The summed E-state index contributed by atoms with van der Waals surface area (Å²) in [7, 11) is 2.16. The molecule has 0 bridgehead atoms. The zero-order valence-corrected chi connectivity index (χ0v) is 8.44. The molecule has 0 unspecified atom stereocenters. The van der Waals surface area contributed by atoms with Crippen molar-refractivity contribution in [3.8, 4) is 0 Å². The second-order valence-electron chi connectivity index (χ2n) is 2.56. The van der Waals surface area contributed by atoms with Gasteiger partial charge in [-0.3, -0.25) is 0 Å². The number of hydrogen-bond acceptors (Lipinski definition) is 5. The molecule has 0 saturated heterocycles. The molecule has 0 atom stereocenters. The first kappa shape index (κ1) is 12.6. The van der Waals surface area contributed by atoms with E-state index in [0.29, 0.717) is 6.42 Å². The van der Waals surface area contributed by atoms with Crippen molar-refractivity contribution in [3.63, 3.8) is 0 Å². The average molecular weight is 202 g/mol. The number of methoxy groups -OCH3 is 2. The van der Waals surface area contributed by atoms with Crippen LogP contribution in [0.4, 0.5) is 0 Å². The SMILES string of the molecule is CCC=CC(O)(C(=O)OC)C(=O)OC. The van der Waals surface area contributed by atoms with Crippen LogP contribution >= 0.6 is 0 Å². The van der Waals surface area contributed by atoms with Crippen LogP contribution in [0, 0.1) is 0 Å². The van der Waals surface area contributed by atoms with Gasteiger partial charge in [-0.25, -0.2) is 9.59 Å². The third kappa shape index (κ3) is 2.56. The standard InChI is InChI=1S/C9H14O5/c1-4-5-6-9(12,7(10)13-2)8(11)14-3/h5-6,12H,4H2,1-3H3. The Hall–Kier alpha value is -1.36. The van der Waals surface area contributed by atoms with E-state index in [1.165, 1.54) is 6.08 Å². The van der Waals surface area contributed by atoms with E-state index in [1.807, 2.05) is 0 Å². The minimum absolute atomic E-state index is 0.580. The second kappa shape index (κ2) is 5.39. The van der Waals surface area contributed by atoms with E-state index in [1.54, 1.807) is 6.92 Å². The van der Waals surface area contributed by atoms with Gasteiger partial charge >= 0.3 is 11.9 Å². The van der Waals surface area contributed by atoms with Crippen LogP contribution in [0.1, 0.15) is 13.3 Å². The van der Waals surface area contributed by atoms with Crippen molar-refractivity contribution in [2.24, 2.45) is 0 Å². The molecule has 14 heavy (non-hydrogen) atoms. The van der Waals surface area contributed by atoms with Gasteiger partial charge in [-0.2, -0.15) is 0 Å². The van der Waals surface area contributed by atoms with E-state index < -0.39 is 17.5 Å². The van der Waals surface area contributed by atoms with Crippen molar-refractivity contribution < 1.29 is 24.2 Å². The van der Waals surface area contributed by atoms with Gasteiger partial charge in [-0.05, 0) is 12.5 Å². The molecule has 0 aliphatic rings. The number of allylic oxidation sites excluding steroid dienone is 1. The molecule has 0 aromatic heterocycles. The van der Waals surface area contributed by atoms with E-state index in [4.69, 9.17) is 0 Å². The first-order chi connectivity index (χ1) is 6.52. The van der Waals surface area contributed by atoms with E-state index in [9.17, 15) is 14.7 Å². The average Bonchev–Trinajstić information content (AvgIpc) is 2.23. The minimum Gasteiger partial charge on any atom is -0.466 e. The number of aliphatic hydroxyl groups is 1. The Morgan fingerprint density at radius 3 is 2.00 bits per heavy atom. The highest BCUT2D eigenvalue weighted by atomic mass is 16.6. The van der Waals surface area contributed by atoms with Crippen molar-refractivity contribution in [2.45, 2.75) is 18.9 Å². The van der Waals surface area contributed by atoms with Gasteiger partial charge in [0, 0.05) is 0 Å². The zero-order chi connectivity index (χ0) is 11.2. The quantitative estimate of drug-likeness (QED) is 0.395. The van der Waals surface area contributed by atoms with Gasteiger partial charge in [-0.15, -0.1) is 0 Å². The summed E-state index contributed by atoms with van der Waals surface area (Å²) in [6, 6.07) is 0. The minimum atomic E-state index is -2.33. The molecular weight excluding hydrogens is 188 g/mol. The Morgan fingerprint density at radius 2 is 1.71 bits per heavy atom. The lowest BCUT2D eigenvalue weighted by Gasteiger charge is -2.18. The molecule has 1 N–H and O–H groups in total. The first-order valence-corrected chi connectivity index (χ1v) is 4.09. The molecule has 0 spiro atoms. The van der Waals surface area contributed by atoms with Crippen LogP contribution in [0.5, 0.6) is 0 Å². The van der Waals surface area contributed by atoms with Gasteiger partial charge < -0.3 is 14.6 Å². The summed E-state index contributed by atoms with van der Waals surface area (Å²) in [5.41, 5.74) is -2.33. The number of ether oxygens (including phenoxy) is 2. The van der Waals surface area contributed by atoms with Crippen molar-refractivity contribution in [3.05, 3.63) is 12.2 Å². The fourth-order valence-corrected chi connectivity index (χ4v) is 0.819. The summed E-state index contributed by atoms with van der Waals surface area (Å²) in [6.07, 6.45) is 3.12. The van der Waals surface area contributed by atoms with Crippen molar-refractivity contribution in [1.82, 2.24) is 0 Å². The smallest absolute Gasteiger partial charge is 0.354 e. The molecule has 5 heteroatoms. The van der Waals surface area contributed by atoms with E-state index in [2.05, 4.69) is 9.47 Å². The molecule has 0 fully saturated rings. The number of hydrogen-bond donors (Lipinski definition) is 1. The lowest BCUT2D eigenvalue weighted by Crippen LogP contribution is -2.46. The highest BCUT2D eigenvalue weighted by Gasteiger charge is 2.44. The zero-order valence-electron chi connectivity index (χ0n) is 8.44. The van der Waals surface area contributed by atoms with E-state index >= 15 is 0 Å². The normalized spacial score (nSPS) is 11.4. The van der Waals surface area contributed by atoms with Crippen molar-refractivity contribution >= 4 is 11.9 Å². The van der Waals surface area contributed by atoms with Gasteiger partial charge in [0.05, 0.1) is 14.2 Å². The Morgan fingerprint density at radius 1 is 1.29 bits per heavy atom. The summed E-state index contributed by atoms with van der Waals surface area (Å²) in [5.74, 6) is -2.12. The van der Waals surface area contributed by atoms with E-state index in [-0.39, 0.29) is 0 Å². The summed E-state index contributed by atoms with van der Waals surface area (Å²) in [6.45, 7) is 1.80. The first-order valence-electron chi connectivity index (χ1n) is 4.09. The molecule has 5 nitrogen and oxygen atoms in total. The second-order valence-corrected chi connectivity index (χ2v) is 2.56. The molecule has 0 saturated carbocycles. The summed E-state index contributed by atoms with van der Waals surface area (Å²) in [5, 5.41) is 9.64. The van der Waals surface area contributed by atoms with Crippen LogP contribution in [0.25, 0.3) is 0 Å². The fourth-order valence-electron chi connectivity index (χ4n) is 0.819. The number of carbonyl (C=O) groups is 2. The van der Waals surface area contributed by atoms with Gasteiger partial charge in [-0.1, -0.05) is 13.0 Å². The van der Waals surface area contributed by atoms with Gasteiger partial charge in [0.1, 0.15) is 0 Å². The summed E-state index contributed by atoms with van der Waals surface area (Å²) >= 11 is 0. The van der Waals surface area contributed by atoms with Gasteiger partial charge in [0.25, 0.3) is 5.60 Å². The number of esters is 2. The summed E-state index contributed by atoms with van der Waals surface area (Å²) in [4.78, 5) is 22.2. The van der Waals surface area contributed by atoms with Crippen LogP contribution in [0.2, 0.25) is 0 Å². The predicted octanol–water partition coefficient (Wildman–Crippen LogP) is 0.0297. The third-order valence-corrected chi connectivity index (χ3v) is 1.59. The molecule has 0 aromatic rings. The molecule has 0 radical (unpaired) electrons. The Kier molecular flexibility index (Phi) is 4.86. The monoisotopic (exact) mass is 202 g/mol. The molecule has 0 amide bonds. The number of carbonyl (C=O) groups excluding carboxylic acids is 2. The van der Waals surface area contributed by atoms with Gasteiger partial charge in [0.15, 0.2) is 0 Å². The maximum atomic E-state index is 11.1. The Labute approximate surface area is 82.3 Å². The summed E-state index contributed by atoms with van der Waals surface area (Å²) < 4.78 is 8.59. The lowest BCUT2D eigenvalue weighted by atomic mass is 10.0. The molecule has 80 valence electrons. The van der Waals surface area contributed by atoms with Crippen LogP contribution in [0.15, 0.2) is 12.2 Å². The van der Waals surface area contributed by atoms with Crippen LogP contribution < -0.4 is 0 Å². The highest BCUT2D eigenvalue weighted by Crippen LogP contribution is 2.12. The molecule has 0 heterocycles. The molecule has 0 aromatic carbocycles. The maximum Gasteiger partial charge on any atom is 0.354 e. The number of rotatable bonds is 4. The lowest BCUT2D eigenvalue weighted by molar-refractivity contribution is -0.174. The third-order valence-electron chi connectivity index (χ3n) is 1.59. The van der Waals surface area contributed by atoms with E-state index in [0.717, 1.165) is 20.3 Å². The topological polar surface area (TPSA) is 72.8 Å². The largest absolute Gasteiger partial charge is 0.466 e. The van der Waals surface area contributed by atoms with Crippen LogP contribution in [-0.4, -0.2) is 36.9 Å². The molecular formula is C9H14O5. The molecule has 0 aliphatic carbocycles.